The summed E-state index contributed by atoms with van der Waals surface area (Å²) >= 11 is 0. The molecule has 2 N–H and O–H groups in total. The van der Waals surface area contributed by atoms with Gasteiger partial charge in [-0.2, -0.15) is 0 Å². The molecule has 0 saturated carbocycles. The van der Waals surface area contributed by atoms with E-state index in [9.17, 15) is 19.5 Å². The second kappa shape index (κ2) is 8.13. The molecule has 1 aliphatic rings. The number of aliphatic carboxylic acids is 1. The Bertz CT molecular complexity index is 1050. The molecular formula is C23H29NO6. The molecule has 2 heterocycles. The molecule has 0 fully saturated rings. The van der Waals surface area contributed by atoms with Crippen LogP contribution in [0.3, 0.4) is 0 Å². The standard InChI is InChI=1S/C23H29NO6/c1-12(2)20(21(26)27)24-19(25)7-6-15-13(3)16-10-14-8-9-23(4,5)30-17(14)11-18(16)29-22(15)28/h10-12,20H,6-9H2,1-5H3,(H,24,25)(H,26,27)/t20-/m0/s1. The van der Waals surface area contributed by atoms with Crippen LogP contribution < -0.4 is 15.7 Å². The summed E-state index contributed by atoms with van der Waals surface area (Å²) in [6.45, 7) is 9.37. The first-order valence-electron chi connectivity index (χ1n) is 10.3. The summed E-state index contributed by atoms with van der Waals surface area (Å²) in [6, 6.07) is 2.82. The average Bonchev–Trinajstić information content (AvgIpc) is 2.63. The van der Waals surface area contributed by atoms with Gasteiger partial charge in [-0.25, -0.2) is 9.59 Å². The van der Waals surface area contributed by atoms with Crippen LogP contribution in [0.1, 0.15) is 57.2 Å². The van der Waals surface area contributed by atoms with Gasteiger partial charge >= 0.3 is 11.6 Å². The van der Waals surface area contributed by atoms with Crippen LogP contribution in [-0.4, -0.2) is 28.6 Å². The van der Waals surface area contributed by atoms with Crippen LogP contribution in [0.2, 0.25) is 0 Å². The Labute approximate surface area is 175 Å². The van der Waals surface area contributed by atoms with E-state index in [2.05, 4.69) is 5.32 Å². The maximum absolute atomic E-state index is 12.6. The van der Waals surface area contributed by atoms with E-state index < -0.39 is 23.5 Å². The monoisotopic (exact) mass is 415 g/mol. The number of benzene rings is 1. The molecule has 162 valence electrons. The number of carbonyl (C=O) groups is 2. The van der Waals surface area contributed by atoms with Crippen molar-refractivity contribution < 1.29 is 23.8 Å². The lowest BCUT2D eigenvalue weighted by Crippen LogP contribution is -2.44. The third kappa shape index (κ3) is 4.50. The van der Waals surface area contributed by atoms with E-state index in [1.165, 1.54) is 0 Å². The Hall–Kier alpha value is -2.83. The zero-order valence-corrected chi connectivity index (χ0v) is 18.1. The molecule has 0 saturated heterocycles. The lowest BCUT2D eigenvalue weighted by Gasteiger charge is -2.32. The van der Waals surface area contributed by atoms with Crippen molar-refractivity contribution in [1.82, 2.24) is 5.32 Å². The molecule has 3 rings (SSSR count). The minimum atomic E-state index is -1.07. The molecular weight excluding hydrogens is 386 g/mol. The van der Waals surface area contributed by atoms with E-state index in [0.29, 0.717) is 11.1 Å². The molecule has 1 aliphatic heterocycles. The van der Waals surface area contributed by atoms with Gasteiger partial charge in [-0.3, -0.25) is 4.79 Å². The maximum atomic E-state index is 12.6. The summed E-state index contributed by atoms with van der Waals surface area (Å²) in [4.78, 5) is 36.1. The second-order valence-corrected chi connectivity index (χ2v) is 8.94. The predicted molar refractivity (Wildman–Crippen MR) is 113 cm³/mol. The number of rotatable bonds is 6. The molecule has 2 aromatic rings. The van der Waals surface area contributed by atoms with Gasteiger partial charge in [-0.05, 0) is 63.1 Å². The van der Waals surface area contributed by atoms with Crippen LogP contribution in [0.15, 0.2) is 21.3 Å². The van der Waals surface area contributed by atoms with Crippen molar-refractivity contribution in [1.29, 1.82) is 0 Å². The Morgan fingerprint density at radius 3 is 2.60 bits per heavy atom. The molecule has 1 amide bonds. The fraction of sp³-hybridized carbons (Fsp3) is 0.522. The van der Waals surface area contributed by atoms with Crippen LogP contribution in [0, 0.1) is 12.8 Å². The van der Waals surface area contributed by atoms with Crippen molar-refractivity contribution in [3.05, 3.63) is 39.2 Å². The summed E-state index contributed by atoms with van der Waals surface area (Å²) in [5, 5.41) is 12.6. The van der Waals surface area contributed by atoms with Gasteiger partial charge in [0.1, 0.15) is 23.0 Å². The van der Waals surface area contributed by atoms with Gasteiger partial charge in [0.15, 0.2) is 0 Å². The Balaban J connectivity index is 1.84. The third-order valence-electron chi connectivity index (χ3n) is 5.70. The van der Waals surface area contributed by atoms with E-state index >= 15 is 0 Å². The van der Waals surface area contributed by atoms with Crippen molar-refractivity contribution in [2.24, 2.45) is 5.92 Å². The molecule has 0 unspecified atom stereocenters. The van der Waals surface area contributed by atoms with E-state index in [4.69, 9.17) is 9.15 Å². The van der Waals surface area contributed by atoms with E-state index in [-0.39, 0.29) is 24.4 Å². The molecule has 0 radical (unpaired) electrons. The van der Waals surface area contributed by atoms with Gasteiger partial charge < -0.3 is 19.6 Å². The third-order valence-corrected chi connectivity index (χ3v) is 5.70. The van der Waals surface area contributed by atoms with Crippen LogP contribution in [0.5, 0.6) is 5.75 Å². The first-order valence-corrected chi connectivity index (χ1v) is 10.3. The van der Waals surface area contributed by atoms with E-state index in [1.54, 1.807) is 19.9 Å². The van der Waals surface area contributed by atoms with Gasteiger partial charge in [0.05, 0.1) is 0 Å². The lowest BCUT2D eigenvalue weighted by molar-refractivity contribution is -0.143. The predicted octanol–water partition coefficient (Wildman–Crippen LogP) is 3.36. The number of aryl methyl sites for hydroxylation is 2. The number of fused-ring (bicyclic) bond motifs is 2. The van der Waals surface area contributed by atoms with Crippen molar-refractivity contribution in [3.8, 4) is 5.75 Å². The molecule has 1 atom stereocenters. The van der Waals surface area contributed by atoms with Crippen molar-refractivity contribution in [3.63, 3.8) is 0 Å². The fourth-order valence-corrected chi connectivity index (χ4v) is 3.82. The number of hydrogen-bond donors (Lipinski definition) is 2. The fourth-order valence-electron chi connectivity index (χ4n) is 3.82. The number of ether oxygens (including phenoxy) is 1. The molecule has 7 heteroatoms. The first-order chi connectivity index (χ1) is 14.0. The van der Waals surface area contributed by atoms with Crippen LogP contribution in [0.25, 0.3) is 11.0 Å². The van der Waals surface area contributed by atoms with Crippen molar-refractivity contribution in [2.75, 3.05) is 0 Å². The molecule has 7 nitrogen and oxygen atoms in total. The van der Waals surface area contributed by atoms with Gasteiger partial charge in [0.25, 0.3) is 0 Å². The van der Waals surface area contributed by atoms with Gasteiger partial charge in [0, 0.05) is 23.4 Å². The van der Waals surface area contributed by atoms with Gasteiger partial charge in [-0.1, -0.05) is 13.8 Å². The van der Waals surface area contributed by atoms with E-state index in [0.717, 1.165) is 35.1 Å². The quantitative estimate of drug-likeness (QED) is 0.701. The minimum Gasteiger partial charge on any atom is -0.487 e. The number of amides is 1. The Morgan fingerprint density at radius 2 is 1.97 bits per heavy atom. The largest absolute Gasteiger partial charge is 0.487 e. The van der Waals surface area contributed by atoms with Gasteiger partial charge in [-0.15, -0.1) is 0 Å². The first kappa shape index (κ1) is 21.9. The molecule has 0 spiro atoms. The maximum Gasteiger partial charge on any atom is 0.339 e. The Morgan fingerprint density at radius 1 is 1.27 bits per heavy atom. The summed E-state index contributed by atoms with van der Waals surface area (Å²) in [7, 11) is 0. The lowest BCUT2D eigenvalue weighted by atomic mass is 9.92. The normalized spacial score (nSPS) is 16.1. The zero-order valence-electron chi connectivity index (χ0n) is 18.1. The molecule has 1 aromatic carbocycles. The zero-order chi connectivity index (χ0) is 22.2. The molecule has 30 heavy (non-hydrogen) atoms. The summed E-state index contributed by atoms with van der Waals surface area (Å²) in [6.07, 6.45) is 1.96. The number of hydrogen-bond acceptors (Lipinski definition) is 5. The van der Waals surface area contributed by atoms with Crippen LogP contribution in [-0.2, 0) is 22.4 Å². The average molecular weight is 415 g/mol. The van der Waals surface area contributed by atoms with Crippen LogP contribution >= 0.6 is 0 Å². The molecule has 0 bridgehead atoms. The molecule has 0 aliphatic carbocycles. The second-order valence-electron chi connectivity index (χ2n) is 8.94. The topological polar surface area (TPSA) is 106 Å². The minimum absolute atomic E-state index is 0.00977. The molecule has 1 aromatic heterocycles. The highest BCUT2D eigenvalue weighted by Crippen LogP contribution is 2.36. The van der Waals surface area contributed by atoms with Crippen molar-refractivity contribution in [2.45, 2.75) is 71.9 Å². The Kier molecular flexibility index (Phi) is 5.92. The van der Waals surface area contributed by atoms with E-state index in [1.807, 2.05) is 26.8 Å². The summed E-state index contributed by atoms with van der Waals surface area (Å²) in [5.74, 6) is -0.981. The number of carboxylic acid groups (broad SMARTS) is 1. The number of carboxylic acids is 1. The van der Waals surface area contributed by atoms with Crippen LogP contribution in [0.4, 0.5) is 0 Å². The highest BCUT2D eigenvalue weighted by molar-refractivity contribution is 5.85. The number of carbonyl (C=O) groups excluding carboxylic acids is 1. The number of nitrogens with one attached hydrogen (secondary N) is 1. The summed E-state index contributed by atoms with van der Waals surface area (Å²) < 4.78 is 11.6. The smallest absolute Gasteiger partial charge is 0.339 e. The van der Waals surface area contributed by atoms with Gasteiger partial charge in [0.2, 0.25) is 5.91 Å². The van der Waals surface area contributed by atoms with Crippen molar-refractivity contribution >= 4 is 22.8 Å². The SMILES string of the molecule is Cc1c(CCC(=O)N[C@H](C(=O)O)C(C)C)c(=O)oc2cc3c(cc12)CCC(C)(C)O3. The highest BCUT2D eigenvalue weighted by Gasteiger charge is 2.28. The summed E-state index contributed by atoms with van der Waals surface area (Å²) in [5.41, 5.74) is 2.01. The highest BCUT2D eigenvalue weighted by atomic mass is 16.5.